The highest BCUT2D eigenvalue weighted by Gasteiger charge is 2.29. The van der Waals surface area contributed by atoms with E-state index in [0.29, 0.717) is 17.9 Å². The van der Waals surface area contributed by atoms with Crippen LogP contribution >= 0.6 is 11.3 Å². The number of aromatic nitrogens is 2. The van der Waals surface area contributed by atoms with Crippen molar-refractivity contribution in [2.24, 2.45) is 0 Å². The number of fused-ring (bicyclic) bond motifs is 6. The van der Waals surface area contributed by atoms with Crippen molar-refractivity contribution in [1.82, 2.24) is 9.97 Å². The van der Waals surface area contributed by atoms with Gasteiger partial charge >= 0.3 is 0 Å². The van der Waals surface area contributed by atoms with Crippen LogP contribution in [0.25, 0.3) is 42.2 Å². The summed E-state index contributed by atoms with van der Waals surface area (Å²) in [6.07, 6.45) is 0. The zero-order chi connectivity index (χ0) is 19.7. The molecule has 0 saturated heterocycles. The van der Waals surface area contributed by atoms with Crippen molar-refractivity contribution in [1.29, 1.82) is 0 Å². The van der Waals surface area contributed by atoms with Gasteiger partial charge in [0.1, 0.15) is 11.6 Å². The normalized spacial score (nSPS) is 15.8. The van der Waals surface area contributed by atoms with Crippen LogP contribution in [0.15, 0.2) is 48.5 Å². The third-order valence-corrected chi connectivity index (χ3v) is 6.84. The molecule has 1 unspecified atom stereocenters. The molecule has 142 valence electrons. The standard InChI is InChI=1S/C23H18N4OS/c1-11-10-28-21-19(11)14(9-16-20(21)22(24)27-23(25)26-16)12-6-7-18-15(8-12)13-4-2-3-5-17(13)29-18/h2-9,11H,10H2,1H3,(H4,24,25,26,27). The minimum absolute atomic E-state index is 0.172. The molecule has 0 fully saturated rings. The van der Waals surface area contributed by atoms with Gasteiger partial charge in [-0.15, -0.1) is 11.3 Å². The number of nitrogens with two attached hydrogens (primary N) is 2. The number of hydrogen-bond acceptors (Lipinski definition) is 6. The molecule has 1 aliphatic rings. The first-order valence-electron chi connectivity index (χ1n) is 9.54. The number of anilines is 2. The lowest BCUT2D eigenvalue weighted by molar-refractivity contribution is 0.340. The number of benzene rings is 3. The van der Waals surface area contributed by atoms with E-state index in [4.69, 9.17) is 16.2 Å². The van der Waals surface area contributed by atoms with E-state index < -0.39 is 0 Å². The Morgan fingerprint density at radius 3 is 2.72 bits per heavy atom. The maximum absolute atomic E-state index is 6.18. The van der Waals surface area contributed by atoms with Crippen LogP contribution < -0.4 is 16.2 Å². The molecular weight excluding hydrogens is 380 g/mol. The lowest BCUT2D eigenvalue weighted by Crippen LogP contribution is -2.02. The van der Waals surface area contributed by atoms with Crippen molar-refractivity contribution in [3.05, 3.63) is 54.1 Å². The first kappa shape index (κ1) is 16.6. The fourth-order valence-electron chi connectivity index (χ4n) is 4.39. The van der Waals surface area contributed by atoms with Crippen LogP contribution in [0.1, 0.15) is 18.4 Å². The highest BCUT2D eigenvalue weighted by Crippen LogP contribution is 2.47. The van der Waals surface area contributed by atoms with Gasteiger partial charge in [-0.2, -0.15) is 4.98 Å². The summed E-state index contributed by atoms with van der Waals surface area (Å²) in [5.74, 6) is 1.59. The molecule has 29 heavy (non-hydrogen) atoms. The molecule has 2 aromatic heterocycles. The maximum atomic E-state index is 6.18. The van der Waals surface area contributed by atoms with Crippen molar-refractivity contribution in [2.45, 2.75) is 12.8 Å². The predicted molar refractivity (Wildman–Crippen MR) is 121 cm³/mol. The van der Waals surface area contributed by atoms with E-state index in [0.717, 1.165) is 27.8 Å². The lowest BCUT2D eigenvalue weighted by atomic mass is 9.90. The molecule has 4 N–H and O–H groups in total. The summed E-state index contributed by atoms with van der Waals surface area (Å²) in [5.41, 5.74) is 16.2. The lowest BCUT2D eigenvalue weighted by Gasteiger charge is -2.14. The predicted octanol–water partition coefficient (Wildman–Crippen LogP) is 5.33. The van der Waals surface area contributed by atoms with E-state index in [1.165, 1.54) is 20.2 Å². The van der Waals surface area contributed by atoms with Gasteiger partial charge in [0.05, 0.1) is 17.5 Å². The summed E-state index contributed by atoms with van der Waals surface area (Å²) < 4.78 is 8.63. The Hall–Kier alpha value is -3.38. The van der Waals surface area contributed by atoms with Gasteiger partial charge in [-0.1, -0.05) is 31.2 Å². The van der Waals surface area contributed by atoms with Gasteiger partial charge in [-0.25, -0.2) is 4.98 Å². The van der Waals surface area contributed by atoms with Gasteiger partial charge in [-0.3, -0.25) is 0 Å². The van der Waals surface area contributed by atoms with Crippen LogP contribution in [0.5, 0.6) is 5.75 Å². The summed E-state index contributed by atoms with van der Waals surface area (Å²) in [6, 6.07) is 17.3. The second-order valence-electron chi connectivity index (χ2n) is 7.55. The Balaban J connectivity index is 1.69. The largest absolute Gasteiger partial charge is 0.492 e. The Morgan fingerprint density at radius 2 is 1.83 bits per heavy atom. The van der Waals surface area contributed by atoms with Crippen LogP contribution in [-0.2, 0) is 0 Å². The molecule has 3 heterocycles. The van der Waals surface area contributed by atoms with Crippen LogP contribution in [0.2, 0.25) is 0 Å². The van der Waals surface area contributed by atoms with Crippen LogP contribution in [0.3, 0.4) is 0 Å². The summed E-state index contributed by atoms with van der Waals surface area (Å²) in [5, 5.41) is 3.31. The van der Waals surface area contributed by atoms with Crippen molar-refractivity contribution in [3.63, 3.8) is 0 Å². The van der Waals surface area contributed by atoms with Gasteiger partial charge in [0.15, 0.2) is 0 Å². The molecule has 1 atom stereocenters. The SMILES string of the molecule is CC1COc2c1c(-c1ccc3sc4ccccc4c3c1)cc1nc(N)nc(N)c21. The zero-order valence-corrected chi connectivity index (χ0v) is 16.6. The molecule has 3 aromatic carbocycles. The maximum Gasteiger partial charge on any atom is 0.222 e. The van der Waals surface area contributed by atoms with E-state index in [1.54, 1.807) is 0 Å². The van der Waals surface area contributed by atoms with Gasteiger partial charge in [0.2, 0.25) is 5.95 Å². The van der Waals surface area contributed by atoms with Crippen molar-refractivity contribution in [2.75, 3.05) is 18.1 Å². The smallest absolute Gasteiger partial charge is 0.222 e. The second-order valence-corrected chi connectivity index (χ2v) is 8.63. The number of rotatable bonds is 1. The fourth-order valence-corrected chi connectivity index (χ4v) is 5.47. The monoisotopic (exact) mass is 398 g/mol. The Labute approximate surface area is 170 Å². The van der Waals surface area contributed by atoms with E-state index in [9.17, 15) is 0 Å². The van der Waals surface area contributed by atoms with Crippen LogP contribution in [0.4, 0.5) is 11.8 Å². The Bertz CT molecular complexity index is 1460. The van der Waals surface area contributed by atoms with E-state index in [2.05, 4.69) is 65.4 Å². The minimum atomic E-state index is 0.172. The number of hydrogen-bond donors (Lipinski definition) is 2. The molecule has 1 aliphatic heterocycles. The van der Waals surface area contributed by atoms with Crippen LogP contribution in [-0.4, -0.2) is 16.6 Å². The van der Waals surface area contributed by atoms with Crippen molar-refractivity contribution < 1.29 is 4.74 Å². The third-order valence-electron chi connectivity index (χ3n) is 5.68. The van der Waals surface area contributed by atoms with Gasteiger partial charge in [-0.05, 0) is 35.4 Å². The quantitative estimate of drug-likeness (QED) is 0.399. The highest BCUT2D eigenvalue weighted by atomic mass is 32.1. The number of ether oxygens (including phenoxy) is 1. The average molecular weight is 398 g/mol. The van der Waals surface area contributed by atoms with E-state index in [-0.39, 0.29) is 11.9 Å². The highest BCUT2D eigenvalue weighted by molar-refractivity contribution is 7.25. The number of nitrogen functional groups attached to an aromatic ring is 2. The van der Waals surface area contributed by atoms with Crippen LogP contribution in [0, 0.1) is 0 Å². The Morgan fingerprint density at radius 1 is 1.00 bits per heavy atom. The first-order chi connectivity index (χ1) is 14.1. The van der Waals surface area contributed by atoms with E-state index in [1.807, 2.05) is 11.3 Å². The minimum Gasteiger partial charge on any atom is -0.492 e. The molecule has 0 aliphatic carbocycles. The molecule has 0 saturated carbocycles. The number of nitrogens with zero attached hydrogens (tertiary/aromatic N) is 2. The summed E-state index contributed by atoms with van der Waals surface area (Å²) in [7, 11) is 0. The first-order valence-corrected chi connectivity index (χ1v) is 10.4. The molecule has 0 amide bonds. The van der Waals surface area contributed by atoms with Gasteiger partial charge in [0.25, 0.3) is 0 Å². The number of thiophene rings is 1. The van der Waals surface area contributed by atoms with Gasteiger partial charge < -0.3 is 16.2 Å². The van der Waals surface area contributed by atoms with Crippen molar-refractivity contribution >= 4 is 54.2 Å². The summed E-state index contributed by atoms with van der Waals surface area (Å²) in [4.78, 5) is 8.58. The van der Waals surface area contributed by atoms with Crippen molar-refractivity contribution in [3.8, 4) is 16.9 Å². The molecular formula is C23H18N4OS. The molecule has 5 aromatic rings. The summed E-state index contributed by atoms with van der Waals surface area (Å²) >= 11 is 1.82. The topological polar surface area (TPSA) is 87.0 Å². The molecule has 0 radical (unpaired) electrons. The summed E-state index contributed by atoms with van der Waals surface area (Å²) in [6.45, 7) is 2.79. The molecule has 5 nitrogen and oxygen atoms in total. The second kappa shape index (κ2) is 5.81. The molecule has 6 rings (SSSR count). The fraction of sp³-hybridized carbons (Fsp3) is 0.130. The van der Waals surface area contributed by atoms with E-state index >= 15 is 0 Å². The average Bonchev–Trinajstić information content (AvgIpc) is 3.27. The zero-order valence-electron chi connectivity index (χ0n) is 15.8. The molecule has 6 heteroatoms. The molecule has 0 bridgehead atoms. The third kappa shape index (κ3) is 2.32. The van der Waals surface area contributed by atoms with Gasteiger partial charge in [0, 0.05) is 31.7 Å². The molecule has 0 spiro atoms. The Kier molecular flexibility index (Phi) is 3.32.